The van der Waals surface area contributed by atoms with Crippen LogP contribution in [0.5, 0.6) is 0 Å². The van der Waals surface area contributed by atoms with Crippen LogP contribution in [-0.2, 0) is 14.0 Å². The maximum absolute atomic E-state index is 11.6. The molecule has 0 amide bonds. The first-order chi connectivity index (χ1) is 8.17. The van der Waals surface area contributed by atoms with Crippen LogP contribution in [0.25, 0.3) is 0 Å². The second-order valence-corrected chi connectivity index (χ2v) is 11.6. The molecule has 2 unspecified atom stereocenters. The minimum Gasteiger partial charge on any atom is -0.469 e. The van der Waals surface area contributed by atoms with Gasteiger partial charge in [0.15, 0.2) is 8.32 Å². The Morgan fingerprint density at radius 1 is 1.22 bits per heavy atom. The molecule has 1 fully saturated rings. The number of hydrogen-bond donors (Lipinski definition) is 0. The highest BCUT2D eigenvalue weighted by molar-refractivity contribution is 6.74. The van der Waals surface area contributed by atoms with Gasteiger partial charge in [-0.15, -0.1) is 0 Å². The number of hydrogen-bond acceptors (Lipinski definition) is 3. The van der Waals surface area contributed by atoms with Crippen molar-refractivity contribution in [1.82, 2.24) is 0 Å². The Labute approximate surface area is 112 Å². The van der Waals surface area contributed by atoms with Gasteiger partial charge in [0.25, 0.3) is 0 Å². The van der Waals surface area contributed by atoms with E-state index in [1.807, 2.05) is 0 Å². The Kier molecular flexibility index (Phi) is 5.01. The van der Waals surface area contributed by atoms with Crippen molar-refractivity contribution in [2.24, 2.45) is 5.92 Å². The van der Waals surface area contributed by atoms with Crippen molar-refractivity contribution < 1.29 is 14.0 Å². The maximum atomic E-state index is 11.6. The molecule has 1 aliphatic carbocycles. The fourth-order valence-electron chi connectivity index (χ4n) is 2.23. The van der Waals surface area contributed by atoms with Crippen LogP contribution in [0.2, 0.25) is 18.1 Å². The Morgan fingerprint density at radius 2 is 1.83 bits per heavy atom. The van der Waals surface area contributed by atoms with E-state index in [-0.39, 0.29) is 23.0 Å². The molecule has 1 saturated carbocycles. The highest BCUT2D eigenvalue weighted by Crippen LogP contribution is 2.39. The van der Waals surface area contributed by atoms with Crippen LogP contribution < -0.4 is 0 Å². The third-order valence-corrected chi connectivity index (χ3v) is 8.96. The summed E-state index contributed by atoms with van der Waals surface area (Å²) in [5.41, 5.74) is 0. The lowest BCUT2D eigenvalue weighted by Crippen LogP contribution is -2.45. The highest BCUT2D eigenvalue weighted by atomic mass is 28.4. The number of rotatable bonds is 3. The van der Waals surface area contributed by atoms with E-state index in [0.717, 1.165) is 25.7 Å². The summed E-state index contributed by atoms with van der Waals surface area (Å²) in [7, 11) is -0.246. The van der Waals surface area contributed by atoms with Crippen LogP contribution in [0.1, 0.15) is 46.5 Å². The van der Waals surface area contributed by atoms with Gasteiger partial charge in [-0.05, 0) is 37.4 Å². The van der Waals surface area contributed by atoms with Crippen molar-refractivity contribution >= 4 is 14.3 Å². The molecule has 2 atom stereocenters. The lowest BCUT2D eigenvalue weighted by atomic mass is 9.87. The smallest absolute Gasteiger partial charge is 0.308 e. The molecule has 18 heavy (non-hydrogen) atoms. The van der Waals surface area contributed by atoms with E-state index in [1.165, 1.54) is 7.11 Å². The molecule has 0 aliphatic heterocycles. The van der Waals surface area contributed by atoms with Gasteiger partial charge in [0, 0.05) is 6.10 Å². The molecule has 0 N–H and O–H groups in total. The van der Waals surface area contributed by atoms with E-state index in [1.54, 1.807) is 0 Å². The quantitative estimate of drug-likeness (QED) is 0.580. The fraction of sp³-hybridized carbons (Fsp3) is 0.929. The third-order valence-electron chi connectivity index (χ3n) is 4.43. The summed E-state index contributed by atoms with van der Waals surface area (Å²) in [6.45, 7) is 11.3. The van der Waals surface area contributed by atoms with Gasteiger partial charge in [-0.2, -0.15) is 0 Å². The summed E-state index contributed by atoms with van der Waals surface area (Å²) in [6, 6.07) is 0. The van der Waals surface area contributed by atoms with E-state index in [0.29, 0.717) is 0 Å². The molecule has 106 valence electrons. The molecule has 0 heterocycles. The van der Waals surface area contributed by atoms with Gasteiger partial charge in [0.05, 0.1) is 13.0 Å². The standard InChI is InChI=1S/C14H28O3Si/c1-14(2,3)18(5,6)17-12-9-7-8-11(10-12)13(15)16-4/h11-12H,7-10H2,1-6H3. The molecule has 0 aromatic heterocycles. The van der Waals surface area contributed by atoms with Gasteiger partial charge >= 0.3 is 5.97 Å². The number of ether oxygens (including phenoxy) is 1. The van der Waals surface area contributed by atoms with Crippen LogP contribution in [0.15, 0.2) is 0 Å². The summed E-state index contributed by atoms with van der Waals surface area (Å²) in [5.74, 6) is -0.0305. The summed E-state index contributed by atoms with van der Waals surface area (Å²) < 4.78 is 11.3. The molecule has 1 aliphatic rings. The van der Waals surface area contributed by atoms with Crippen LogP contribution in [0, 0.1) is 5.92 Å². The monoisotopic (exact) mass is 272 g/mol. The number of carbonyl (C=O) groups excluding carboxylic acids is 1. The zero-order valence-electron chi connectivity index (χ0n) is 12.7. The van der Waals surface area contributed by atoms with Crippen LogP contribution >= 0.6 is 0 Å². The largest absolute Gasteiger partial charge is 0.469 e. The molecule has 0 bridgehead atoms. The summed E-state index contributed by atoms with van der Waals surface area (Å²) in [4.78, 5) is 11.6. The Morgan fingerprint density at radius 3 is 2.33 bits per heavy atom. The Hall–Kier alpha value is -0.353. The third kappa shape index (κ3) is 3.82. The maximum Gasteiger partial charge on any atom is 0.308 e. The van der Waals surface area contributed by atoms with Gasteiger partial charge in [0.1, 0.15) is 0 Å². The normalized spacial score (nSPS) is 25.9. The van der Waals surface area contributed by atoms with Gasteiger partial charge in [0.2, 0.25) is 0 Å². The number of carbonyl (C=O) groups is 1. The van der Waals surface area contributed by atoms with E-state index in [2.05, 4.69) is 33.9 Å². The van der Waals surface area contributed by atoms with Crippen molar-refractivity contribution in [2.75, 3.05) is 7.11 Å². The lowest BCUT2D eigenvalue weighted by Gasteiger charge is -2.41. The number of methoxy groups -OCH3 is 1. The van der Waals surface area contributed by atoms with E-state index in [9.17, 15) is 4.79 Å². The topological polar surface area (TPSA) is 35.5 Å². The van der Waals surface area contributed by atoms with Crippen molar-refractivity contribution in [2.45, 2.75) is 70.7 Å². The number of esters is 1. The average molecular weight is 272 g/mol. The first-order valence-corrected chi connectivity index (χ1v) is 9.84. The zero-order chi connectivity index (χ0) is 14.0. The zero-order valence-corrected chi connectivity index (χ0v) is 13.7. The van der Waals surface area contributed by atoms with Gasteiger partial charge < -0.3 is 9.16 Å². The minimum absolute atomic E-state index is 0.0403. The van der Waals surface area contributed by atoms with E-state index >= 15 is 0 Å². The SMILES string of the molecule is COC(=O)C1CCCC(O[Si](C)(C)C(C)(C)C)C1. The Balaban J connectivity index is 2.60. The van der Waals surface area contributed by atoms with Crippen molar-refractivity contribution in [3.05, 3.63) is 0 Å². The molecule has 0 aromatic carbocycles. The minimum atomic E-state index is -1.72. The predicted molar refractivity (Wildman–Crippen MR) is 76.0 cm³/mol. The van der Waals surface area contributed by atoms with Gasteiger partial charge in [-0.1, -0.05) is 27.2 Å². The molecule has 0 spiro atoms. The van der Waals surface area contributed by atoms with E-state index in [4.69, 9.17) is 9.16 Å². The van der Waals surface area contributed by atoms with E-state index < -0.39 is 8.32 Å². The molecule has 4 heteroatoms. The Bertz CT molecular complexity index is 294. The second-order valence-electron chi connectivity index (χ2n) is 6.89. The summed E-state index contributed by atoms with van der Waals surface area (Å²) >= 11 is 0. The molecule has 0 saturated heterocycles. The first-order valence-electron chi connectivity index (χ1n) is 6.93. The molecular weight excluding hydrogens is 244 g/mol. The fourth-order valence-corrected chi connectivity index (χ4v) is 3.63. The molecule has 3 nitrogen and oxygen atoms in total. The summed E-state index contributed by atoms with van der Waals surface area (Å²) in [5, 5.41) is 0.227. The lowest BCUT2D eigenvalue weighted by molar-refractivity contribution is -0.147. The first kappa shape index (κ1) is 15.7. The van der Waals surface area contributed by atoms with Crippen LogP contribution in [-0.4, -0.2) is 27.5 Å². The molecule has 1 rings (SSSR count). The van der Waals surface area contributed by atoms with Crippen LogP contribution in [0.4, 0.5) is 0 Å². The van der Waals surface area contributed by atoms with Crippen molar-refractivity contribution in [3.63, 3.8) is 0 Å². The van der Waals surface area contributed by atoms with Crippen LogP contribution in [0.3, 0.4) is 0 Å². The predicted octanol–water partition coefficient (Wildman–Crippen LogP) is 3.74. The second kappa shape index (κ2) is 5.74. The van der Waals surface area contributed by atoms with Gasteiger partial charge in [-0.3, -0.25) is 4.79 Å². The highest BCUT2D eigenvalue weighted by Gasteiger charge is 2.40. The average Bonchev–Trinajstić information content (AvgIpc) is 2.26. The van der Waals surface area contributed by atoms with Crippen molar-refractivity contribution in [1.29, 1.82) is 0 Å². The molecule has 0 radical (unpaired) electrons. The molecular formula is C14H28O3Si. The van der Waals surface area contributed by atoms with Gasteiger partial charge in [-0.25, -0.2) is 0 Å². The summed E-state index contributed by atoms with van der Waals surface area (Å²) in [6.07, 6.45) is 4.17. The van der Waals surface area contributed by atoms with Crippen molar-refractivity contribution in [3.8, 4) is 0 Å². The molecule has 0 aromatic rings.